The highest BCUT2D eigenvalue weighted by Gasteiger charge is 2.41. The van der Waals surface area contributed by atoms with Crippen molar-refractivity contribution in [3.8, 4) is 0 Å². The van der Waals surface area contributed by atoms with Crippen molar-refractivity contribution in [2.75, 3.05) is 0 Å². The first-order valence-corrected chi connectivity index (χ1v) is 9.41. The molecule has 0 saturated heterocycles. The van der Waals surface area contributed by atoms with E-state index in [2.05, 4.69) is 0 Å². The van der Waals surface area contributed by atoms with Crippen LogP contribution in [0.3, 0.4) is 0 Å². The fraction of sp³-hybridized carbons (Fsp3) is 0.273. The summed E-state index contributed by atoms with van der Waals surface area (Å²) in [6, 6.07) is 16.2. The Morgan fingerprint density at radius 3 is 2.52 bits per heavy atom. The molecule has 1 fully saturated rings. The van der Waals surface area contributed by atoms with Crippen molar-refractivity contribution in [1.82, 2.24) is 0 Å². The summed E-state index contributed by atoms with van der Waals surface area (Å²) in [5.41, 5.74) is 1.96. The second-order valence-corrected chi connectivity index (χ2v) is 7.33. The Hall–Kier alpha value is -2.59. The lowest BCUT2D eigenvalue weighted by molar-refractivity contribution is -0.126. The minimum Gasteiger partial charge on any atom is -0.496 e. The number of hydrogen-bond acceptors (Lipinski definition) is 4. The molecule has 2 aliphatic rings. The van der Waals surface area contributed by atoms with Crippen LogP contribution in [-0.2, 0) is 14.3 Å². The third-order valence-electron chi connectivity index (χ3n) is 5.14. The van der Waals surface area contributed by atoms with Gasteiger partial charge >= 0.3 is 5.97 Å². The maximum absolute atomic E-state index is 12.9. The van der Waals surface area contributed by atoms with Gasteiger partial charge in [-0.25, -0.2) is 4.79 Å². The molecule has 0 aromatic heterocycles. The Morgan fingerprint density at radius 2 is 1.78 bits per heavy atom. The monoisotopic (exact) mass is 382 g/mol. The smallest absolute Gasteiger partial charge is 0.338 e. The molecule has 4 nitrogen and oxygen atoms in total. The number of rotatable bonds is 3. The lowest BCUT2D eigenvalue weighted by atomic mass is 9.78. The fourth-order valence-corrected chi connectivity index (χ4v) is 3.82. The molecule has 138 valence electrons. The summed E-state index contributed by atoms with van der Waals surface area (Å²) in [5.74, 6) is -0.451. The van der Waals surface area contributed by atoms with Crippen LogP contribution in [0.25, 0.3) is 5.57 Å². The van der Waals surface area contributed by atoms with Crippen LogP contribution < -0.4 is 0 Å². The van der Waals surface area contributed by atoms with E-state index in [1.54, 1.807) is 30.5 Å². The van der Waals surface area contributed by atoms with E-state index in [0.29, 0.717) is 35.4 Å². The van der Waals surface area contributed by atoms with Gasteiger partial charge in [-0.05, 0) is 42.7 Å². The lowest BCUT2D eigenvalue weighted by Gasteiger charge is -2.37. The number of carbonyl (C=O) groups is 2. The molecule has 2 aromatic rings. The highest BCUT2D eigenvalue weighted by molar-refractivity contribution is 6.30. The maximum atomic E-state index is 12.9. The molecule has 1 aliphatic carbocycles. The molecule has 3 atom stereocenters. The summed E-state index contributed by atoms with van der Waals surface area (Å²) in [6.07, 6.45) is 2.87. The van der Waals surface area contributed by atoms with E-state index in [0.717, 1.165) is 5.56 Å². The van der Waals surface area contributed by atoms with Gasteiger partial charge in [0.1, 0.15) is 12.2 Å². The molecule has 4 rings (SSSR count). The second kappa shape index (κ2) is 7.57. The number of halogens is 1. The quantitative estimate of drug-likeness (QED) is 0.723. The summed E-state index contributed by atoms with van der Waals surface area (Å²) in [7, 11) is 0. The van der Waals surface area contributed by atoms with Gasteiger partial charge in [0.25, 0.3) is 0 Å². The molecule has 2 aromatic carbocycles. The Labute approximate surface area is 162 Å². The first-order chi connectivity index (χ1) is 13.1. The van der Waals surface area contributed by atoms with E-state index < -0.39 is 0 Å². The van der Waals surface area contributed by atoms with Crippen LogP contribution in [0.1, 0.15) is 35.2 Å². The van der Waals surface area contributed by atoms with Crippen LogP contribution >= 0.6 is 11.6 Å². The average molecular weight is 383 g/mol. The zero-order chi connectivity index (χ0) is 18.8. The van der Waals surface area contributed by atoms with Gasteiger partial charge in [0.05, 0.1) is 23.3 Å². The van der Waals surface area contributed by atoms with Crippen molar-refractivity contribution < 1.29 is 19.1 Å². The zero-order valence-corrected chi connectivity index (χ0v) is 15.4. The molecule has 0 spiro atoms. The predicted molar refractivity (Wildman–Crippen MR) is 102 cm³/mol. The summed E-state index contributed by atoms with van der Waals surface area (Å²) in [4.78, 5) is 25.2. The van der Waals surface area contributed by atoms with Gasteiger partial charge in [0.2, 0.25) is 0 Å². The molecule has 27 heavy (non-hydrogen) atoms. The zero-order valence-electron chi connectivity index (χ0n) is 14.6. The van der Waals surface area contributed by atoms with E-state index in [-0.39, 0.29) is 29.9 Å². The maximum Gasteiger partial charge on any atom is 0.338 e. The largest absolute Gasteiger partial charge is 0.496 e. The highest BCUT2D eigenvalue weighted by Crippen LogP contribution is 2.37. The lowest BCUT2D eigenvalue weighted by Crippen LogP contribution is -2.41. The van der Waals surface area contributed by atoms with Gasteiger partial charge in [0.15, 0.2) is 5.78 Å². The predicted octanol–water partition coefficient (Wildman–Crippen LogP) is 4.67. The van der Waals surface area contributed by atoms with Crippen molar-refractivity contribution in [1.29, 1.82) is 0 Å². The molecular weight excluding hydrogens is 364 g/mol. The third kappa shape index (κ3) is 3.76. The number of esters is 1. The molecular formula is C22H19ClO4. The van der Waals surface area contributed by atoms with E-state index in [1.165, 1.54) is 0 Å². The molecule has 0 bridgehead atoms. The van der Waals surface area contributed by atoms with Gasteiger partial charge in [-0.2, -0.15) is 0 Å². The highest BCUT2D eigenvalue weighted by atomic mass is 35.5. The first kappa shape index (κ1) is 17.8. The van der Waals surface area contributed by atoms with Crippen molar-refractivity contribution in [2.45, 2.75) is 31.5 Å². The number of benzene rings is 2. The molecule has 0 radical (unpaired) electrons. The number of ketones is 1. The third-order valence-corrected chi connectivity index (χ3v) is 5.40. The first-order valence-electron chi connectivity index (χ1n) is 9.03. The standard InChI is InChI=1S/C22H19ClO4/c23-16-8-6-15(7-9-16)22(25)27-17-10-11-18-20(12-17)26-13-19(21(18)24)14-4-2-1-3-5-14/h1-9,13,17-18,20H,10-12H2. The van der Waals surface area contributed by atoms with Gasteiger partial charge in [-0.15, -0.1) is 0 Å². The van der Waals surface area contributed by atoms with Crippen molar-refractivity contribution in [2.24, 2.45) is 5.92 Å². The average Bonchev–Trinajstić information content (AvgIpc) is 2.69. The van der Waals surface area contributed by atoms with Crippen LogP contribution in [0.4, 0.5) is 0 Å². The summed E-state index contributed by atoms with van der Waals surface area (Å²) in [6.45, 7) is 0. The molecule has 0 N–H and O–H groups in total. The van der Waals surface area contributed by atoms with E-state index >= 15 is 0 Å². The molecule has 5 heteroatoms. The minimum atomic E-state index is -0.377. The van der Waals surface area contributed by atoms with Gasteiger partial charge in [0, 0.05) is 11.4 Å². The van der Waals surface area contributed by atoms with Crippen LogP contribution in [-0.4, -0.2) is 24.0 Å². The summed E-state index contributed by atoms with van der Waals surface area (Å²) >= 11 is 5.85. The van der Waals surface area contributed by atoms with Gasteiger partial charge in [-0.1, -0.05) is 41.9 Å². The van der Waals surface area contributed by atoms with E-state index in [9.17, 15) is 9.59 Å². The molecule has 0 amide bonds. The number of carbonyl (C=O) groups excluding carboxylic acids is 2. The topological polar surface area (TPSA) is 52.6 Å². The molecule has 1 saturated carbocycles. The molecule has 1 aliphatic heterocycles. The van der Waals surface area contributed by atoms with Crippen molar-refractivity contribution in [3.63, 3.8) is 0 Å². The number of Topliss-reactive ketones (excluding diaryl/α,β-unsaturated/α-hetero) is 1. The Bertz CT molecular complexity index is 873. The van der Waals surface area contributed by atoms with E-state index in [1.807, 2.05) is 30.3 Å². The number of allylic oxidation sites excluding steroid dienone is 1. The minimum absolute atomic E-state index is 0.111. The van der Waals surface area contributed by atoms with Crippen molar-refractivity contribution >= 4 is 28.9 Å². The van der Waals surface area contributed by atoms with E-state index in [4.69, 9.17) is 21.1 Å². The molecule has 1 heterocycles. The van der Waals surface area contributed by atoms with Crippen LogP contribution in [0, 0.1) is 5.92 Å². The van der Waals surface area contributed by atoms with Crippen LogP contribution in [0.5, 0.6) is 0 Å². The van der Waals surface area contributed by atoms with Crippen molar-refractivity contribution in [3.05, 3.63) is 77.0 Å². The normalized spacial score (nSPS) is 24.4. The number of fused-ring (bicyclic) bond motifs is 1. The Kier molecular flexibility index (Phi) is 4.99. The number of hydrogen-bond donors (Lipinski definition) is 0. The Morgan fingerprint density at radius 1 is 1.04 bits per heavy atom. The van der Waals surface area contributed by atoms with Gasteiger partial charge in [-0.3, -0.25) is 4.79 Å². The Balaban J connectivity index is 1.42. The van der Waals surface area contributed by atoms with Crippen LogP contribution in [0.15, 0.2) is 60.9 Å². The fourth-order valence-electron chi connectivity index (χ4n) is 3.70. The van der Waals surface area contributed by atoms with Crippen LogP contribution in [0.2, 0.25) is 5.02 Å². The number of ether oxygens (including phenoxy) is 2. The second-order valence-electron chi connectivity index (χ2n) is 6.89. The summed E-state index contributed by atoms with van der Waals surface area (Å²) in [5, 5.41) is 0.571. The van der Waals surface area contributed by atoms with Gasteiger partial charge < -0.3 is 9.47 Å². The molecule has 3 unspecified atom stereocenters. The summed E-state index contributed by atoms with van der Waals surface area (Å²) < 4.78 is 11.5. The SMILES string of the molecule is O=C(OC1CCC2C(=O)C(c3ccccc3)=COC2C1)c1ccc(Cl)cc1.